The van der Waals surface area contributed by atoms with Crippen molar-refractivity contribution in [1.29, 1.82) is 0 Å². The quantitative estimate of drug-likeness (QED) is 0.663. The minimum atomic E-state index is 0.756. The van der Waals surface area contributed by atoms with Crippen LogP contribution in [0.5, 0.6) is 0 Å². The van der Waals surface area contributed by atoms with Gasteiger partial charge in [-0.3, -0.25) is 0 Å². The van der Waals surface area contributed by atoms with E-state index in [0.29, 0.717) is 0 Å². The average molecular weight is 275 g/mol. The Bertz CT molecular complexity index is 580. The molecule has 0 bridgehead atoms. The first-order chi connectivity index (χ1) is 9.28. The van der Waals surface area contributed by atoms with Crippen LogP contribution in [0.2, 0.25) is 0 Å². The number of fused-ring (bicyclic) bond motifs is 1. The van der Waals surface area contributed by atoms with E-state index in [9.17, 15) is 0 Å². The first-order valence-electron chi connectivity index (χ1n) is 6.40. The van der Waals surface area contributed by atoms with Crippen LogP contribution >= 0.6 is 11.5 Å². The van der Waals surface area contributed by atoms with Crippen molar-refractivity contribution in [3.8, 4) is 0 Å². The minimum absolute atomic E-state index is 0.756. The Balaban J connectivity index is 1.88. The molecule has 0 saturated heterocycles. The van der Waals surface area contributed by atoms with Gasteiger partial charge in [0.1, 0.15) is 10.7 Å². The summed E-state index contributed by atoms with van der Waals surface area (Å²) in [7, 11) is 0. The van der Waals surface area contributed by atoms with Crippen LogP contribution in [0.15, 0.2) is 18.2 Å². The number of aromatic nitrogens is 2. The van der Waals surface area contributed by atoms with E-state index in [4.69, 9.17) is 5.84 Å². The van der Waals surface area contributed by atoms with E-state index >= 15 is 0 Å². The summed E-state index contributed by atoms with van der Waals surface area (Å²) in [6.45, 7) is 3.95. The van der Waals surface area contributed by atoms with Gasteiger partial charge in [-0.25, -0.2) is 5.84 Å². The lowest BCUT2D eigenvalue weighted by molar-refractivity contribution is 0.682. The molecule has 2 heterocycles. The molecular weight excluding hydrogens is 258 g/mol. The number of hydrogen-bond acceptors (Lipinski definition) is 6. The molecule has 1 aliphatic heterocycles. The smallest absolute Gasteiger partial charge is 0.149 e. The third kappa shape index (κ3) is 2.41. The lowest BCUT2D eigenvalue weighted by Gasteiger charge is -2.31. The molecule has 3 N–H and O–H groups in total. The molecule has 3 rings (SSSR count). The molecule has 6 heteroatoms. The summed E-state index contributed by atoms with van der Waals surface area (Å²) in [5.41, 5.74) is 7.64. The maximum Gasteiger partial charge on any atom is 0.149 e. The van der Waals surface area contributed by atoms with Crippen LogP contribution in [-0.2, 0) is 13.0 Å². The van der Waals surface area contributed by atoms with Gasteiger partial charge in [0.2, 0.25) is 0 Å². The van der Waals surface area contributed by atoms with Crippen LogP contribution in [-0.4, -0.2) is 16.1 Å². The second-order valence-corrected chi connectivity index (χ2v) is 5.60. The predicted molar refractivity (Wildman–Crippen MR) is 78.3 cm³/mol. The van der Waals surface area contributed by atoms with E-state index in [1.165, 1.54) is 34.8 Å². The van der Waals surface area contributed by atoms with E-state index in [1.807, 2.05) is 0 Å². The zero-order valence-corrected chi connectivity index (χ0v) is 11.7. The fourth-order valence-electron chi connectivity index (χ4n) is 2.57. The molecule has 0 unspecified atom stereocenters. The molecular formula is C13H17N5S. The van der Waals surface area contributed by atoms with Crippen molar-refractivity contribution in [3.63, 3.8) is 0 Å². The van der Waals surface area contributed by atoms with E-state index in [-0.39, 0.29) is 0 Å². The van der Waals surface area contributed by atoms with Gasteiger partial charge < -0.3 is 10.3 Å². The molecule has 0 amide bonds. The number of nitrogens with one attached hydrogen (secondary N) is 1. The molecule has 1 aromatic carbocycles. The first kappa shape index (κ1) is 12.4. The minimum Gasteiger partial charge on any atom is -0.365 e. The Morgan fingerprint density at radius 2 is 2.37 bits per heavy atom. The van der Waals surface area contributed by atoms with E-state index < -0.39 is 0 Å². The number of nitrogens with zero attached hydrogens (tertiary/aromatic N) is 3. The normalized spacial score (nSPS) is 14.3. The van der Waals surface area contributed by atoms with Crippen LogP contribution < -0.4 is 16.2 Å². The summed E-state index contributed by atoms with van der Waals surface area (Å²) in [5.74, 6) is 5.48. The molecule has 100 valence electrons. The van der Waals surface area contributed by atoms with Gasteiger partial charge in [0.15, 0.2) is 0 Å². The van der Waals surface area contributed by atoms with Crippen molar-refractivity contribution in [2.45, 2.75) is 26.3 Å². The topological polar surface area (TPSA) is 67.1 Å². The summed E-state index contributed by atoms with van der Waals surface area (Å²) in [6.07, 6.45) is 2.34. The lowest BCUT2D eigenvalue weighted by Crippen LogP contribution is -2.29. The Labute approximate surface area is 116 Å². The number of rotatable bonds is 3. The highest BCUT2D eigenvalue weighted by Crippen LogP contribution is 2.30. The van der Waals surface area contributed by atoms with Gasteiger partial charge in [-0.15, -0.1) is 5.10 Å². The fourth-order valence-corrected chi connectivity index (χ4v) is 3.06. The van der Waals surface area contributed by atoms with Gasteiger partial charge in [-0.1, -0.05) is 22.2 Å². The standard InChI is InChI=1S/C13H17N5S/c1-9-4-5-12-10(7-9)3-2-6-18(12)8-11-13(15-14)19-17-16-11/h4-5,7,15H,2-3,6,8,14H2,1H3. The summed E-state index contributed by atoms with van der Waals surface area (Å²) in [6, 6.07) is 6.65. The highest BCUT2D eigenvalue weighted by molar-refractivity contribution is 7.10. The number of anilines is 2. The number of hydrogen-bond donors (Lipinski definition) is 2. The fraction of sp³-hybridized carbons (Fsp3) is 0.385. The molecule has 0 spiro atoms. The summed E-state index contributed by atoms with van der Waals surface area (Å²) in [5, 5.41) is 5.00. The molecule has 0 atom stereocenters. The Hall–Kier alpha value is -1.66. The van der Waals surface area contributed by atoms with Crippen molar-refractivity contribution in [2.24, 2.45) is 5.84 Å². The molecule has 0 saturated carbocycles. The van der Waals surface area contributed by atoms with Gasteiger partial charge in [0.25, 0.3) is 0 Å². The molecule has 0 fully saturated rings. The van der Waals surface area contributed by atoms with Crippen LogP contribution in [0.25, 0.3) is 0 Å². The SMILES string of the molecule is Cc1ccc2c(c1)CCCN2Cc1nnsc1NN. The van der Waals surface area contributed by atoms with Crippen LogP contribution in [0, 0.1) is 6.92 Å². The Kier molecular flexibility index (Phi) is 3.35. The third-order valence-corrected chi connectivity index (χ3v) is 4.18. The molecule has 5 nitrogen and oxygen atoms in total. The predicted octanol–water partition coefficient (Wildman–Crippen LogP) is 2.08. The molecule has 0 aliphatic carbocycles. The first-order valence-corrected chi connectivity index (χ1v) is 7.17. The van der Waals surface area contributed by atoms with Crippen molar-refractivity contribution >= 4 is 22.2 Å². The zero-order chi connectivity index (χ0) is 13.2. The second kappa shape index (κ2) is 5.14. The van der Waals surface area contributed by atoms with Gasteiger partial charge >= 0.3 is 0 Å². The highest BCUT2D eigenvalue weighted by atomic mass is 32.1. The Morgan fingerprint density at radius 1 is 1.47 bits per heavy atom. The van der Waals surface area contributed by atoms with Crippen molar-refractivity contribution in [1.82, 2.24) is 9.59 Å². The zero-order valence-electron chi connectivity index (χ0n) is 10.9. The van der Waals surface area contributed by atoms with Crippen LogP contribution in [0.1, 0.15) is 23.2 Å². The van der Waals surface area contributed by atoms with E-state index in [1.54, 1.807) is 0 Å². The third-order valence-electron chi connectivity index (χ3n) is 3.48. The number of aryl methyl sites for hydroxylation is 2. The number of hydrazine groups is 1. The average Bonchev–Trinajstić information content (AvgIpc) is 2.86. The van der Waals surface area contributed by atoms with Gasteiger partial charge in [-0.05, 0) is 31.4 Å². The van der Waals surface area contributed by atoms with Crippen molar-refractivity contribution in [3.05, 3.63) is 35.0 Å². The maximum absolute atomic E-state index is 5.48. The van der Waals surface area contributed by atoms with Crippen molar-refractivity contribution < 1.29 is 0 Å². The van der Waals surface area contributed by atoms with E-state index in [2.05, 4.69) is 45.0 Å². The number of benzene rings is 1. The molecule has 1 aromatic heterocycles. The maximum atomic E-state index is 5.48. The van der Waals surface area contributed by atoms with Gasteiger partial charge in [0, 0.05) is 23.8 Å². The molecule has 1 aliphatic rings. The largest absolute Gasteiger partial charge is 0.365 e. The molecule has 19 heavy (non-hydrogen) atoms. The monoisotopic (exact) mass is 275 g/mol. The summed E-state index contributed by atoms with van der Waals surface area (Å²) < 4.78 is 3.95. The van der Waals surface area contributed by atoms with Crippen LogP contribution in [0.3, 0.4) is 0 Å². The van der Waals surface area contributed by atoms with Crippen molar-refractivity contribution in [2.75, 3.05) is 16.9 Å². The van der Waals surface area contributed by atoms with E-state index in [0.717, 1.165) is 30.2 Å². The second-order valence-electron chi connectivity index (χ2n) is 4.85. The van der Waals surface area contributed by atoms with Gasteiger partial charge in [0.05, 0.1) is 6.54 Å². The lowest BCUT2D eigenvalue weighted by atomic mass is 9.99. The number of nitrogen functional groups attached to an aromatic ring is 1. The van der Waals surface area contributed by atoms with Crippen LogP contribution in [0.4, 0.5) is 10.7 Å². The molecule has 2 aromatic rings. The molecule has 0 radical (unpaired) electrons. The highest BCUT2D eigenvalue weighted by Gasteiger charge is 2.19. The summed E-state index contributed by atoms with van der Waals surface area (Å²) in [4.78, 5) is 2.36. The number of nitrogens with two attached hydrogens (primary N) is 1. The Morgan fingerprint density at radius 3 is 3.21 bits per heavy atom. The summed E-state index contributed by atoms with van der Waals surface area (Å²) >= 11 is 1.30. The van der Waals surface area contributed by atoms with Gasteiger partial charge in [-0.2, -0.15) is 0 Å².